The number of aliphatic hydroxyl groups is 1. The van der Waals surface area contributed by atoms with Crippen molar-refractivity contribution in [2.75, 3.05) is 26.2 Å². The van der Waals surface area contributed by atoms with Crippen molar-refractivity contribution in [2.45, 2.75) is 29.9 Å². The highest BCUT2D eigenvalue weighted by Crippen LogP contribution is 2.32. The number of imidazole rings is 1. The molecule has 2 aromatic heterocycles. The van der Waals surface area contributed by atoms with Gasteiger partial charge in [0.05, 0.1) is 10.4 Å². The van der Waals surface area contributed by atoms with Gasteiger partial charge in [0.2, 0.25) is 10.0 Å². The van der Waals surface area contributed by atoms with E-state index in [4.69, 9.17) is 9.15 Å². The molecule has 0 amide bonds. The Morgan fingerprint density at radius 3 is 2.63 bits per heavy atom. The van der Waals surface area contributed by atoms with Gasteiger partial charge >= 0.3 is 5.69 Å². The van der Waals surface area contributed by atoms with Gasteiger partial charge in [0.1, 0.15) is 35.1 Å². The predicted molar refractivity (Wildman–Crippen MR) is 144 cm³/mol. The Labute approximate surface area is 218 Å². The molecular weight excluding hydrogens is 508 g/mol. The summed E-state index contributed by atoms with van der Waals surface area (Å²) in [7, 11) is -3.95. The Kier molecular flexibility index (Phi) is 6.44. The average Bonchev–Trinajstić information content (AvgIpc) is 3.50. The van der Waals surface area contributed by atoms with Gasteiger partial charge < -0.3 is 29.5 Å². The fourth-order valence-electron chi connectivity index (χ4n) is 5.14. The van der Waals surface area contributed by atoms with Gasteiger partial charge in [-0.3, -0.25) is 0 Å². The van der Waals surface area contributed by atoms with Gasteiger partial charge in [0.25, 0.3) is 0 Å². The van der Waals surface area contributed by atoms with Gasteiger partial charge in [-0.15, -0.1) is 0 Å². The number of nitrogens with zero attached hydrogens (tertiary/aromatic N) is 1. The lowest BCUT2D eigenvalue weighted by atomic mass is 10.1. The van der Waals surface area contributed by atoms with Crippen LogP contribution in [-0.2, 0) is 10.0 Å². The molecule has 1 aliphatic heterocycles. The Morgan fingerprint density at radius 2 is 1.79 bits per heavy atom. The van der Waals surface area contributed by atoms with Gasteiger partial charge in [-0.25, -0.2) is 13.2 Å². The molecule has 0 radical (unpaired) electrons. The number of benzene rings is 3. The first kappa shape index (κ1) is 24.7. The van der Waals surface area contributed by atoms with E-state index in [9.17, 15) is 18.3 Å². The first-order chi connectivity index (χ1) is 18.4. The molecule has 1 saturated heterocycles. The lowest BCUT2D eigenvalue weighted by Gasteiger charge is -2.35. The first-order valence-electron chi connectivity index (χ1n) is 12.6. The van der Waals surface area contributed by atoms with Crippen molar-refractivity contribution in [3.63, 3.8) is 0 Å². The minimum Gasteiger partial charge on any atom is -0.489 e. The van der Waals surface area contributed by atoms with Crippen LogP contribution in [-0.4, -0.2) is 66.2 Å². The third-order valence-electron chi connectivity index (χ3n) is 7.01. The zero-order valence-electron chi connectivity index (χ0n) is 20.5. The highest BCUT2D eigenvalue weighted by molar-refractivity contribution is 7.89. The van der Waals surface area contributed by atoms with Crippen LogP contribution in [0.4, 0.5) is 0 Å². The van der Waals surface area contributed by atoms with Crippen molar-refractivity contribution in [3.05, 3.63) is 71.1 Å². The number of sulfonamides is 1. The normalized spacial score (nSPS) is 16.1. The molecule has 1 fully saturated rings. The van der Waals surface area contributed by atoms with E-state index in [1.165, 1.54) is 4.31 Å². The van der Waals surface area contributed by atoms with Crippen molar-refractivity contribution in [3.8, 4) is 5.75 Å². The van der Waals surface area contributed by atoms with E-state index in [1.807, 2.05) is 24.3 Å². The number of hydrogen-bond acceptors (Lipinski definition) is 7. The summed E-state index contributed by atoms with van der Waals surface area (Å²) < 4.78 is 41.1. The van der Waals surface area contributed by atoms with Crippen molar-refractivity contribution < 1.29 is 22.7 Å². The van der Waals surface area contributed by atoms with Crippen molar-refractivity contribution in [1.82, 2.24) is 19.6 Å². The highest BCUT2D eigenvalue weighted by Gasteiger charge is 2.34. The minimum absolute atomic E-state index is 0.128. The topological polar surface area (TPSA) is 141 Å². The zero-order valence-corrected chi connectivity index (χ0v) is 21.3. The molecule has 3 heterocycles. The smallest absolute Gasteiger partial charge is 0.323 e. The summed E-state index contributed by atoms with van der Waals surface area (Å²) in [6.07, 6.45) is 0.167. The van der Waals surface area contributed by atoms with E-state index < -0.39 is 16.1 Å². The van der Waals surface area contributed by atoms with Gasteiger partial charge in [0, 0.05) is 23.4 Å². The maximum atomic E-state index is 14.0. The average molecular weight is 537 g/mol. The number of fused-ring (bicyclic) bond motifs is 4. The molecule has 11 heteroatoms. The summed E-state index contributed by atoms with van der Waals surface area (Å²) in [4.78, 5) is 17.2. The van der Waals surface area contributed by atoms with Crippen LogP contribution >= 0.6 is 0 Å². The molecule has 1 aliphatic rings. The zero-order chi connectivity index (χ0) is 26.3. The lowest BCUT2D eigenvalue weighted by Crippen LogP contribution is -2.49. The standard InChI is InChI=1S/C27H28N4O6S/c32-18(16-36-25-7-3-5-22-26(25)30-27(33)29-22)15-31(17-10-12-28-13-11-17)38(34,35)19-8-9-24-21(14-19)20-4-1-2-6-23(20)37-24/h1-9,14,17-18,28,32H,10-13,15-16H2,(H2,29,30,33)/t18-/m1/s1. The molecule has 0 saturated carbocycles. The molecule has 4 N–H and O–H groups in total. The molecule has 1 atom stereocenters. The number of H-pyrrole nitrogens is 2. The maximum Gasteiger partial charge on any atom is 0.323 e. The van der Waals surface area contributed by atoms with E-state index >= 15 is 0 Å². The quantitative estimate of drug-likeness (QED) is 0.239. The number of aromatic amines is 2. The number of furan rings is 1. The Balaban J connectivity index is 1.28. The number of piperidine rings is 1. The molecule has 198 valence electrons. The molecule has 0 bridgehead atoms. The monoisotopic (exact) mass is 536 g/mol. The summed E-state index contributed by atoms with van der Waals surface area (Å²) in [5, 5.41) is 15.8. The maximum absolute atomic E-state index is 14.0. The van der Waals surface area contributed by atoms with Gasteiger partial charge in [-0.2, -0.15) is 4.31 Å². The van der Waals surface area contributed by atoms with Crippen LogP contribution < -0.4 is 15.7 Å². The first-order valence-corrected chi connectivity index (χ1v) is 14.0. The second-order valence-electron chi connectivity index (χ2n) is 9.53. The largest absolute Gasteiger partial charge is 0.489 e. The van der Waals surface area contributed by atoms with Crippen LogP contribution in [0.5, 0.6) is 5.75 Å². The summed E-state index contributed by atoms with van der Waals surface area (Å²) >= 11 is 0. The molecule has 0 aliphatic carbocycles. The fraction of sp³-hybridized carbons (Fsp3) is 0.296. The second-order valence-corrected chi connectivity index (χ2v) is 11.4. The number of aromatic nitrogens is 2. The van der Waals surface area contributed by atoms with E-state index in [-0.39, 0.29) is 29.8 Å². The van der Waals surface area contributed by atoms with E-state index in [0.29, 0.717) is 53.9 Å². The highest BCUT2D eigenvalue weighted by atomic mass is 32.2. The van der Waals surface area contributed by atoms with Gasteiger partial charge in [-0.05, 0) is 62.3 Å². The number of ether oxygens (including phenoxy) is 1. The van der Waals surface area contributed by atoms with Crippen LogP contribution in [0.2, 0.25) is 0 Å². The lowest BCUT2D eigenvalue weighted by molar-refractivity contribution is 0.0778. The molecule has 5 aromatic rings. The third kappa shape index (κ3) is 4.58. The van der Waals surface area contributed by atoms with Crippen LogP contribution in [0.15, 0.2) is 74.8 Å². The summed E-state index contributed by atoms with van der Waals surface area (Å²) in [6.45, 7) is 1.11. The summed E-state index contributed by atoms with van der Waals surface area (Å²) in [5.74, 6) is 0.397. The fourth-order valence-corrected chi connectivity index (χ4v) is 6.89. The number of aliphatic hydroxyl groups excluding tert-OH is 1. The SMILES string of the molecule is O=c1[nH]c2cccc(OC[C@H](O)CN(C3CCNCC3)S(=O)(=O)c3ccc4oc5ccccc5c4c3)c2[nH]1. The molecule has 10 nitrogen and oxygen atoms in total. The van der Waals surface area contributed by atoms with Crippen molar-refractivity contribution in [2.24, 2.45) is 0 Å². The van der Waals surface area contributed by atoms with Crippen LogP contribution in [0.1, 0.15) is 12.8 Å². The minimum atomic E-state index is -3.95. The number of para-hydroxylation sites is 2. The van der Waals surface area contributed by atoms with E-state index in [0.717, 1.165) is 10.8 Å². The molecule has 0 spiro atoms. The Bertz CT molecular complexity index is 1770. The molecular formula is C27H28N4O6S. The van der Waals surface area contributed by atoms with Crippen LogP contribution in [0.25, 0.3) is 33.0 Å². The van der Waals surface area contributed by atoms with Crippen LogP contribution in [0, 0.1) is 0 Å². The molecule has 6 rings (SSSR count). The Hall–Kier alpha value is -3.64. The summed E-state index contributed by atoms with van der Waals surface area (Å²) in [5.41, 5.74) is 2.03. The number of nitrogens with one attached hydrogen (secondary N) is 3. The van der Waals surface area contributed by atoms with Crippen molar-refractivity contribution in [1.29, 1.82) is 0 Å². The van der Waals surface area contributed by atoms with Gasteiger partial charge in [-0.1, -0.05) is 24.3 Å². The number of rotatable bonds is 8. The third-order valence-corrected chi connectivity index (χ3v) is 8.92. The van der Waals surface area contributed by atoms with E-state index in [1.54, 1.807) is 36.4 Å². The van der Waals surface area contributed by atoms with E-state index in [2.05, 4.69) is 15.3 Å². The van der Waals surface area contributed by atoms with Crippen LogP contribution in [0.3, 0.4) is 0 Å². The predicted octanol–water partition coefficient (Wildman–Crippen LogP) is 2.94. The Morgan fingerprint density at radius 1 is 1.00 bits per heavy atom. The molecule has 38 heavy (non-hydrogen) atoms. The number of hydrogen-bond donors (Lipinski definition) is 4. The summed E-state index contributed by atoms with van der Waals surface area (Å²) in [6, 6.07) is 17.3. The second kappa shape index (κ2) is 9.91. The molecule has 0 unspecified atom stereocenters. The van der Waals surface area contributed by atoms with Gasteiger partial charge in [0.15, 0.2) is 0 Å². The molecule has 3 aromatic carbocycles. The van der Waals surface area contributed by atoms with Crippen molar-refractivity contribution >= 4 is 43.0 Å².